The maximum Gasteiger partial charge on any atom is 0.407 e. The van der Waals surface area contributed by atoms with E-state index in [2.05, 4.69) is 31.2 Å². The molecule has 2 rings (SSSR count). The van der Waals surface area contributed by atoms with Crippen LogP contribution in [0.4, 0.5) is 10.6 Å². The number of nitrogens with one attached hydrogen (secondary N) is 1. The number of anilines is 1. The number of ether oxygens (including phenoxy) is 2. The fourth-order valence-corrected chi connectivity index (χ4v) is 2.49. The van der Waals surface area contributed by atoms with Crippen LogP contribution in [0.3, 0.4) is 0 Å². The molecule has 0 saturated carbocycles. The van der Waals surface area contributed by atoms with Crippen molar-refractivity contribution >= 4 is 11.9 Å². The smallest absolute Gasteiger partial charge is 0.407 e. The Kier molecular flexibility index (Phi) is 4.65. The highest BCUT2D eigenvalue weighted by Gasteiger charge is 2.34. The lowest BCUT2D eigenvalue weighted by molar-refractivity contribution is 0.0658. The lowest BCUT2D eigenvalue weighted by Crippen LogP contribution is -2.33. The van der Waals surface area contributed by atoms with Crippen LogP contribution in [0.5, 0.6) is 0 Å². The van der Waals surface area contributed by atoms with E-state index in [0.29, 0.717) is 18.8 Å². The molecular weight excluding hydrogens is 284 g/mol. The van der Waals surface area contributed by atoms with Crippen molar-refractivity contribution in [3.05, 3.63) is 11.8 Å². The Balaban J connectivity index is 2.03. The molecule has 1 aromatic heterocycles. The highest BCUT2D eigenvalue weighted by atomic mass is 16.6. The molecule has 3 N–H and O–H groups in total. The highest BCUT2D eigenvalue weighted by molar-refractivity contribution is 5.67. The molecule has 2 heterocycles. The number of nitrogen functional groups attached to an aromatic ring is 1. The first-order valence-electron chi connectivity index (χ1n) is 7.61. The van der Waals surface area contributed by atoms with Crippen LogP contribution < -0.4 is 11.1 Å². The summed E-state index contributed by atoms with van der Waals surface area (Å²) in [5, 5.41) is 7.06. The quantitative estimate of drug-likeness (QED) is 0.893. The van der Waals surface area contributed by atoms with Crippen LogP contribution in [0.2, 0.25) is 0 Å². The zero-order valence-corrected chi connectivity index (χ0v) is 13.9. The molecule has 1 fully saturated rings. The molecule has 1 aliphatic rings. The van der Waals surface area contributed by atoms with Gasteiger partial charge in [-0.05, 0) is 34.6 Å². The molecule has 0 aliphatic carbocycles. The zero-order chi connectivity index (χ0) is 16.5. The van der Waals surface area contributed by atoms with E-state index in [1.165, 1.54) is 0 Å². The number of alkyl carbamates (subject to hydrolysis) is 1. The third kappa shape index (κ3) is 3.91. The van der Waals surface area contributed by atoms with Gasteiger partial charge in [-0.1, -0.05) is 0 Å². The fourth-order valence-electron chi connectivity index (χ4n) is 2.49. The summed E-state index contributed by atoms with van der Waals surface area (Å²) >= 11 is 0. The predicted molar refractivity (Wildman–Crippen MR) is 83.5 cm³/mol. The van der Waals surface area contributed by atoms with Gasteiger partial charge in [-0.15, -0.1) is 0 Å². The second kappa shape index (κ2) is 6.16. The molecule has 0 bridgehead atoms. The number of aromatic nitrogens is 2. The van der Waals surface area contributed by atoms with E-state index < -0.39 is 6.09 Å². The SMILES string of the molecule is CC(C)NC(=O)OC1COC(c2cc(N)nn2C(C)(C)C)C1. The molecule has 0 spiro atoms. The van der Waals surface area contributed by atoms with Crippen molar-refractivity contribution in [3.8, 4) is 0 Å². The molecule has 7 nitrogen and oxygen atoms in total. The molecule has 1 saturated heterocycles. The van der Waals surface area contributed by atoms with Crippen LogP contribution in [0, 0.1) is 0 Å². The molecule has 2 atom stereocenters. The third-order valence-electron chi connectivity index (χ3n) is 3.36. The Hall–Kier alpha value is -1.76. The van der Waals surface area contributed by atoms with Crippen molar-refractivity contribution in [2.45, 2.75) is 64.8 Å². The van der Waals surface area contributed by atoms with E-state index in [-0.39, 0.29) is 23.8 Å². The maximum atomic E-state index is 11.7. The van der Waals surface area contributed by atoms with E-state index in [0.717, 1.165) is 5.69 Å². The highest BCUT2D eigenvalue weighted by Crippen LogP contribution is 2.33. The Morgan fingerprint density at radius 2 is 2.23 bits per heavy atom. The number of nitrogens with two attached hydrogens (primary N) is 1. The van der Waals surface area contributed by atoms with Crippen molar-refractivity contribution < 1.29 is 14.3 Å². The van der Waals surface area contributed by atoms with Crippen LogP contribution in [0.15, 0.2) is 6.07 Å². The molecule has 1 aliphatic heterocycles. The van der Waals surface area contributed by atoms with Crippen LogP contribution in [0.1, 0.15) is 52.8 Å². The minimum absolute atomic E-state index is 0.0488. The van der Waals surface area contributed by atoms with Crippen LogP contribution in [-0.2, 0) is 15.0 Å². The van der Waals surface area contributed by atoms with Crippen LogP contribution in [-0.4, -0.2) is 34.6 Å². The molecular formula is C15H26N4O3. The largest absolute Gasteiger partial charge is 0.444 e. The van der Waals surface area contributed by atoms with E-state index >= 15 is 0 Å². The fraction of sp³-hybridized carbons (Fsp3) is 0.733. The number of amides is 1. The summed E-state index contributed by atoms with van der Waals surface area (Å²) in [5.41, 5.74) is 6.56. The summed E-state index contributed by atoms with van der Waals surface area (Å²) in [6.45, 7) is 10.3. The standard InChI is InChI=1S/C15H26N4O3/c1-9(2)17-14(20)22-10-6-12(21-8-10)11-7-13(16)18-19(11)15(3,4)5/h7,9-10,12H,6,8H2,1-5H3,(H2,16,18)(H,17,20). The molecule has 124 valence electrons. The topological polar surface area (TPSA) is 91.4 Å². The Morgan fingerprint density at radius 1 is 1.55 bits per heavy atom. The van der Waals surface area contributed by atoms with E-state index in [4.69, 9.17) is 15.2 Å². The number of carbonyl (C=O) groups is 1. The van der Waals surface area contributed by atoms with Crippen molar-refractivity contribution in [2.75, 3.05) is 12.3 Å². The minimum Gasteiger partial charge on any atom is -0.444 e. The van der Waals surface area contributed by atoms with Gasteiger partial charge in [0.05, 0.1) is 17.8 Å². The van der Waals surface area contributed by atoms with Crippen LogP contribution in [0.25, 0.3) is 0 Å². The summed E-state index contributed by atoms with van der Waals surface area (Å²) in [7, 11) is 0. The number of hydrogen-bond donors (Lipinski definition) is 2. The number of nitrogens with zero attached hydrogens (tertiary/aromatic N) is 2. The maximum absolute atomic E-state index is 11.7. The summed E-state index contributed by atoms with van der Waals surface area (Å²) in [6.07, 6.45) is -0.227. The summed E-state index contributed by atoms with van der Waals surface area (Å²) in [4.78, 5) is 11.7. The van der Waals surface area contributed by atoms with Gasteiger partial charge in [0, 0.05) is 18.5 Å². The van der Waals surface area contributed by atoms with Gasteiger partial charge in [-0.2, -0.15) is 5.10 Å². The normalized spacial score (nSPS) is 22.1. The van der Waals surface area contributed by atoms with Crippen molar-refractivity contribution in [2.24, 2.45) is 0 Å². The van der Waals surface area contributed by atoms with Gasteiger partial charge >= 0.3 is 6.09 Å². The second-order valence-electron chi connectivity index (χ2n) is 6.96. The minimum atomic E-state index is -0.409. The average molecular weight is 310 g/mol. The third-order valence-corrected chi connectivity index (χ3v) is 3.36. The first-order valence-corrected chi connectivity index (χ1v) is 7.61. The molecule has 7 heteroatoms. The molecule has 1 amide bonds. The van der Waals surface area contributed by atoms with Gasteiger partial charge in [0.15, 0.2) is 0 Å². The Morgan fingerprint density at radius 3 is 2.82 bits per heavy atom. The van der Waals surface area contributed by atoms with E-state index in [1.54, 1.807) is 0 Å². The van der Waals surface area contributed by atoms with Gasteiger partial charge in [-0.25, -0.2) is 4.79 Å². The van der Waals surface area contributed by atoms with Crippen molar-refractivity contribution in [1.29, 1.82) is 0 Å². The monoisotopic (exact) mass is 310 g/mol. The average Bonchev–Trinajstić information content (AvgIpc) is 2.93. The lowest BCUT2D eigenvalue weighted by Gasteiger charge is -2.24. The molecule has 0 radical (unpaired) electrons. The number of carbonyl (C=O) groups excluding carboxylic acids is 1. The van der Waals surface area contributed by atoms with Gasteiger partial charge < -0.3 is 20.5 Å². The first kappa shape index (κ1) is 16.6. The summed E-state index contributed by atoms with van der Waals surface area (Å²) < 4.78 is 13.0. The van der Waals surface area contributed by atoms with Crippen molar-refractivity contribution in [1.82, 2.24) is 15.1 Å². The van der Waals surface area contributed by atoms with E-state index in [9.17, 15) is 4.79 Å². The first-order chi connectivity index (χ1) is 10.2. The van der Waals surface area contributed by atoms with Crippen LogP contribution >= 0.6 is 0 Å². The van der Waals surface area contributed by atoms with E-state index in [1.807, 2.05) is 24.6 Å². The second-order valence-corrected chi connectivity index (χ2v) is 6.96. The Labute approximate surface area is 131 Å². The summed E-state index contributed by atoms with van der Waals surface area (Å²) in [5.74, 6) is 0.468. The molecule has 2 unspecified atom stereocenters. The molecule has 1 aromatic rings. The van der Waals surface area contributed by atoms with Gasteiger partial charge in [-0.3, -0.25) is 4.68 Å². The molecule has 0 aromatic carbocycles. The lowest BCUT2D eigenvalue weighted by atomic mass is 10.1. The number of rotatable bonds is 3. The van der Waals surface area contributed by atoms with Gasteiger partial charge in [0.1, 0.15) is 18.0 Å². The van der Waals surface area contributed by atoms with Crippen molar-refractivity contribution in [3.63, 3.8) is 0 Å². The summed E-state index contributed by atoms with van der Waals surface area (Å²) in [6, 6.07) is 1.87. The zero-order valence-electron chi connectivity index (χ0n) is 13.9. The number of hydrogen-bond acceptors (Lipinski definition) is 5. The molecule has 22 heavy (non-hydrogen) atoms. The Bertz CT molecular complexity index is 533. The van der Waals surface area contributed by atoms with Gasteiger partial charge in [0.2, 0.25) is 0 Å². The predicted octanol–water partition coefficient (Wildman–Crippen LogP) is 2.18. The van der Waals surface area contributed by atoms with Gasteiger partial charge in [0.25, 0.3) is 0 Å².